The summed E-state index contributed by atoms with van der Waals surface area (Å²) in [5, 5.41) is 12.0. The number of aromatic nitrogens is 1. The molecule has 0 aromatic carbocycles. The second-order valence-electron chi connectivity index (χ2n) is 3.38. The van der Waals surface area contributed by atoms with Gasteiger partial charge in [-0.05, 0) is 31.2 Å². The van der Waals surface area contributed by atoms with Gasteiger partial charge in [0, 0.05) is 6.20 Å². The largest absolute Gasteiger partial charge is 0.465 e. The number of hydrogen-bond donors (Lipinski definition) is 1. The first kappa shape index (κ1) is 10.2. The van der Waals surface area contributed by atoms with Crippen molar-refractivity contribution in [2.45, 2.75) is 13.5 Å². The van der Waals surface area contributed by atoms with Gasteiger partial charge in [0.05, 0.1) is 12.2 Å². The van der Waals surface area contributed by atoms with Crippen molar-refractivity contribution in [2.75, 3.05) is 5.32 Å². The van der Waals surface area contributed by atoms with Crippen LogP contribution >= 0.6 is 0 Å². The summed E-state index contributed by atoms with van der Waals surface area (Å²) in [6.07, 6.45) is 1.60. The van der Waals surface area contributed by atoms with Crippen LogP contribution in [0.25, 0.3) is 0 Å². The summed E-state index contributed by atoms with van der Waals surface area (Å²) >= 11 is 0. The summed E-state index contributed by atoms with van der Waals surface area (Å²) in [5.74, 6) is 1.72. The Morgan fingerprint density at radius 1 is 1.44 bits per heavy atom. The topological polar surface area (TPSA) is 61.9 Å². The molecule has 0 aliphatic rings. The fourth-order valence-electron chi connectivity index (χ4n) is 1.40. The molecule has 0 saturated carbocycles. The monoisotopic (exact) mass is 213 g/mol. The summed E-state index contributed by atoms with van der Waals surface area (Å²) in [5.41, 5.74) is 1.12. The zero-order valence-corrected chi connectivity index (χ0v) is 8.90. The van der Waals surface area contributed by atoms with E-state index in [1.165, 1.54) is 0 Å². The first-order chi connectivity index (χ1) is 7.79. The van der Waals surface area contributed by atoms with Crippen molar-refractivity contribution in [2.24, 2.45) is 0 Å². The summed E-state index contributed by atoms with van der Waals surface area (Å²) in [6.45, 7) is 2.45. The van der Waals surface area contributed by atoms with E-state index in [4.69, 9.17) is 9.68 Å². The summed E-state index contributed by atoms with van der Waals surface area (Å²) < 4.78 is 5.41. The minimum atomic E-state index is 0.394. The number of aryl methyl sites for hydroxylation is 1. The third-order valence-corrected chi connectivity index (χ3v) is 2.16. The molecule has 0 amide bonds. The molecule has 2 aromatic rings. The van der Waals surface area contributed by atoms with Crippen molar-refractivity contribution in [3.8, 4) is 6.07 Å². The molecule has 0 unspecified atom stereocenters. The van der Waals surface area contributed by atoms with Gasteiger partial charge in [0.2, 0.25) is 0 Å². The van der Waals surface area contributed by atoms with Crippen molar-refractivity contribution in [3.05, 3.63) is 47.7 Å². The molecule has 0 fully saturated rings. The Balaban J connectivity index is 2.08. The average molecular weight is 213 g/mol. The van der Waals surface area contributed by atoms with E-state index in [9.17, 15) is 0 Å². The lowest BCUT2D eigenvalue weighted by molar-refractivity contribution is 0.490. The number of hydrogen-bond acceptors (Lipinski definition) is 4. The molecular formula is C12H11N3O. The average Bonchev–Trinajstić information content (AvgIpc) is 2.73. The Morgan fingerprint density at radius 2 is 2.31 bits per heavy atom. The lowest BCUT2D eigenvalue weighted by Crippen LogP contribution is -2.01. The van der Waals surface area contributed by atoms with Crippen LogP contribution in [-0.4, -0.2) is 4.98 Å². The molecule has 2 rings (SSSR count). The highest BCUT2D eigenvalue weighted by molar-refractivity contribution is 5.53. The van der Waals surface area contributed by atoms with Gasteiger partial charge in [-0.25, -0.2) is 4.98 Å². The van der Waals surface area contributed by atoms with Crippen molar-refractivity contribution in [1.29, 1.82) is 5.26 Å². The van der Waals surface area contributed by atoms with E-state index in [0.717, 1.165) is 17.2 Å². The molecule has 0 spiro atoms. The number of anilines is 1. The Labute approximate surface area is 93.5 Å². The predicted molar refractivity (Wildman–Crippen MR) is 59.7 cm³/mol. The molecule has 1 N–H and O–H groups in total. The van der Waals surface area contributed by atoms with Gasteiger partial charge in [-0.3, -0.25) is 0 Å². The highest BCUT2D eigenvalue weighted by Crippen LogP contribution is 2.13. The number of furan rings is 1. The molecule has 4 nitrogen and oxygen atoms in total. The van der Waals surface area contributed by atoms with Crippen LogP contribution in [-0.2, 0) is 6.54 Å². The van der Waals surface area contributed by atoms with E-state index in [0.29, 0.717) is 12.2 Å². The molecular weight excluding hydrogens is 202 g/mol. The molecule has 2 aromatic heterocycles. The third-order valence-electron chi connectivity index (χ3n) is 2.16. The van der Waals surface area contributed by atoms with E-state index in [1.807, 2.05) is 31.2 Å². The third kappa shape index (κ3) is 2.20. The summed E-state index contributed by atoms with van der Waals surface area (Å²) in [4.78, 5) is 3.96. The van der Waals surface area contributed by atoms with Crippen LogP contribution in [0.2, 0.25) is 0 Å². The van der Waals surface area contributed by atoms with Crippen LogP contribution in [0.4, 0.5) is 5.69 Å². The molecule has 0 radical (unpaired) electrons. The maximum atomic E-state index is 8.84. The quantitative estimate of drug-likeness (QED) is 0.850. The van der Waals surface area contributed by atoms with Crippen molar-refractivity contribution in [3.63, 3.8) is 0 Å². The van der Waals surface area contributed by atoms with E-state index in [2.05, 4.69) is 10.3 Å². The molecule has 0 aliphatic heterocycles. The number of nitriles is 1. The number of pyridine rings is 1. The van der Waals surface area contributed by atoms with Crippen LogP contribution in [0.5, 0.6) is 0 Å². The minimum Gasteiger partial charge on any atom is -0.465 e. The normalized spacial score (nSPS) is 9.75. The van der Waals surface area contributed by atoms with Gasteiger partial charge >= 0.3 is 0 Å². The number of rotatable bonds is 3. The maximum Gasteiger partial charge on any atom is 0.163 e. The molecule has 2 heterocycles. The molecule has 0 bridgehead atoms. The second kappa shape index (κ2) is 4.49. The Hall–Kier alpha value is -2.28. The Bertz CT molecular complexity index is 525. The van der Waals surface area contributed by atoms with Gasteiger partial charge in [-0.15, -0.1) is 0 Å². The first-order valence-electron chi connectivity index (χ1n) is 4.94. The Kier molecular flexibility index (Phi) is 2.88. The first-order valence-corrected chi connectivity index (χ1v) is 4.94. The SMILES string of the molecule is Cc1ccc(CNc2cccnc2C#N)o1. The van der Waals surface area contributed by atoms with Crippen molar-refractivity contribution < 1.29 is 4.42 Å². The van der Waals surface area contributed by atoms with Crippen LogP contribution in [0.15, 0.2) is 34.9 Å². The van der Waals surface area contributed by atoms with Crippen molar-refractivity contribution >= 4 is 5.69 Å². The highest BCUT2D eigenvalue weighted by atomic mass is 16.3. The van der Waals surface area contributed by atoms with Gasteiger partial charge in [-0.2, -0.15) is 5.26 Å². The molecule has 4 heteroatoms. The van der Waals surface area contributed by atoms with Crippen LogP contribution in [0.1, 0.15) is 17.2 Å². The van der Waals surface area contributed by atoms with E-state index < -0.39 is 0 Å². The second-order valence-corrected chi connectivity index (χ2v) is 3.38. The van der Waals surface area contributed by atoms with E-state index in [1.54, 1.807) is 12.3 Å². The van der Waals surface area contributed by atoms with Gasteiger partial charge in [0.15, 0.2) is 5.69 Å². The van der Waals surface area contributed by atoms with Gasteiger partial charge in [0.1, 0.15) is 17.6 Å². The summed E-state index contributed by atoms with van der Waals surface area (Å²) in [7, 11) is 0. The van der Waals surface area contributed by atoms with E-state index >= 15 is 0 Å². The molecule has 80 valence electrons. The van der Waals surface area contributed by atoms with E-state index in [-0.39, 0.29) is 0 Å². The van der Waals surface area contributed by atoms with Crippen molar-refractivity contribution in [1.82, 2.24) is 4.98 Å². The van der Waals surface area contributed by atoms with Crippen LogP contribution < -0.4 is 5.32 Å². The molecule has 16 heavy (non-hydrogen) atoms. The summed E-state index contributed by atoms with van der Waals surface area (Å²) in [6, 6.07) is 9.46. The predicted octanol–water partition coefficient (Wildman–Crippen LogP) is 2.47. The molecule has 0 atom stereocenters. The number of nitrogens with one attached hydrogen (secondary N) is 1. The minimum absolute atomic E-state index is 0.394. The zero-order chi connectivity index (χ0) is 11.4. The molecule has 0 aliphatic carbocycles. The maximum absolute atomic E-state index is 8.84. The lowest BCUT2D eigenvalue weighted by atomic mass is 10.3. The highest BCUT2D eigenvalue weighted by Gasteiger charge is 2.03. The van der Waals surface area contributed by atoms with Crippen LogP contribution in [0.3, 0.4) is 0 Å². The Morgan fingerprint density at radius 3 is 3.00 bits per heavy atom. The van der Waals surface area contributed by atoms with Gasteiger partial charge in [0.25, 0.3) is 0 Å². The van der Waals surface area contributed by atoms with Gasteiger partial charge < -0.3 is 9.73 Å². The molecule has 0 saturated heterocycles. The smallest absolute Gasteiger partial charge is 0.163 e. The zero-order valence-electron chi connectivity index (χ0n) is 8.90. The fraction of sp³-hybridized carbons (Fsp3) is 0.167. The fourth-order valence-corrected chi connectivity index (χ4v) is 1.40. The lowest BCUT2D eigenvalue weighted by Gasteiger charge is -2.04. The standard InChI is InChI=1S/C12H11N3O/c1-9-4-5-10(16-9)8-15-11-3-2-6-14-12(11)7-13/h2-6,15H,8H2,1H3. The number of nitrogens with zero attached hydrogens (tertiary/aromatic N) is 2. The van der Waals surface area contributed by atoms with Crippen LogP contribution in [0, 0.1) is 18.3 Å². The van der Waals surface area contributed by atoms with Gasteiger partial charge in [-0.1, -0.05) is 0 Å².